The van der Waals surface area contributed by atoms with Gasteiger partial charge in [0.05, 0.1) is 6.04 Å². The number of nitrogens with zero attached hydrogens (tertiary/aromatic N) is 2. The lowest BCUT2D eigenvalue weighted by molar-refractivity contribution is 0.131. The maximum absolute atomic E-state index is 4.40. The summed E-state index contributed by atoms with van der Waals surface area (Å²) in [4.78, 5) is 6.92. The maximum Gasteiger partial charge on any atom is 0.109 e. The van der Waals surface area contributed by atoms with Gasteiger partial charge in [0.25, 0.3) is 0 Å². The van der Waals surface area contributed by atoms with Gasteiger partial charge in [0, 0.05) is 36.8 Å². The molecule has 0 spiro atoms. The van der Waals surface area contributed by atoms with Crippen LogP contribution in [0, 0.1) is 0 Å². The number of rotatable bonds is 2. The molecule has 15 heavy (non-hydrogen) atoms. The van der Waals surface area contributed by atoms with Crippen molar-refractivity contribution in [2.75, 3.05) is 13.1 Å². The Morgan fingerprint density at radius 1 is 1.47 bits per heavy atom. The SMILES string of the molecule is CC1CN(C(C)c2nccs2)CC(C)N1. The van der Waals surface area contributed by atoms with Crippen LogP contribution in [0.4, 0.5) is 0 Å². The molecule has 3 atom stereocenters. The summed E-state index contributed by atoms with van der Waals surface area (Å²) in [7, 11) is 0. The predicted octanol–water partition coefficient (Wildman–Crippen LogP) is 1.89. The monoisotopic (exact) mass is 225 g/mol. The number of piperazine rings is 1. The third-order valence-electron chi connectivity index (χ3n) is 2.94. The Bertz CT molecular complexity index is 289. The summed E-state index contributed by atoms with van der Waals surface area (Å²) in [6.45, 7) is 8.98. The van der Waals surface area contributed by atoms with Gasteiger partial charge in [0.2, 0.25) is 0 Å². The lowest BCUT2D eigenvalue weighted by Crippen LogP contribution is -2.54. The molecule has 84 valence electrons. The lowest BCUT2D eigenvalue weighted by atomic mass is 10.1. The number of aromatic nitrogens is 1. The van der Waals surface area contributed by atoms with Crippen molar-refractivity contribution in [3.8, 4) is 0 Å². The number of hydrogen-bond donors (Lipinski definition) is 1. The highest BCUT2D eigenvalue weighted by atomic mass is 32.1. The molecule has 4 heteroatoms. The van der Waals surface area contributed by atoms with Crippen LogP contribution in [0.5, 0.6) is 0 Å². The molecule has 1 fully saturated rings. The minimum Gasteiger partial charge on any atom is -0.309 e. The first kappa shape index (κ1) is 11.0. The largest absolute Gasteiger partial charge is 0.309 e. The van der Waals surface area contributed by atoms with Crippen LogP contribution in [0.1, 0.15) is 31.8 Å². The van der Waals surface area contributed by atoms with Crippen molar-refractivity contribution in [2.45, 2.75) is 38.9 Å². The van der Waals surface area contributed by atoms with Gasteiger partial charge in [-0.25, -0.2) is 4.98 Å². The standard InChI is InChI=1S/C11H19N3S/c1-8-6-14(7-9(2)13-8)10(3)11-12-4-5-15-11/h4-5,8-10,13H,6-7H2,1-3H3. The fraction of sp³-hybridized carbons (Fsp3) is 0.727. The van der Waals surface area contributed by atoms with Crippen molar-refractivity contribution in [2.24, 2.45) is 0 Å². The Kier molecular flexibility index (Phi) is 3.38. The Hall–Kier alpha value is -0.450. The average molecular weight is 225 g/mol. The van der Waals surface area contributed by atoms with E-state index < -0.39 is 0 Å². The third-order valence-corrected chi connectivity index (χ3v) is 3.89. The van der Waals surface area contributed by atoms with E-state index in [1.807, 2.05) is 6.20 Å². The molecule has 1 saturated heterocycles. The van der Waals surface area contributed by atoms with Crippen molar-refractivity contribution >= 4 is 11.3 Å². The van der Waals surface area contributed by atoms with Crippen molar-refractivity contribution in [3.05, 3.63) is 16.6 Å². The molecule has 1 aromatic rings. The van der Waals surface area contributed by atoms with Crippen LogP contribution in [0.15, 0.2) is 11.6 Å². The van der Waals surface area contributed by atoms with Crippen molar-refractivity contribution in [1.82, 2.24) is 15.2 Å². The zero-order valence-electron chi connectivity index (χ0n) is 9.60. The molecule has 1 aliphatic rings. The van der Waals surface area contributed by atoms with E-state index in [0.717, 1.165) is 13.1 Å². The normalized spacial score (nSPS) is 30.3. The van der Waals surface area contributed by atoms with E-state index in [2.05, 4.69) is 41.4 Å². The molecule has 3 unspecified atom stereocenters. The summed E-state index contributed by atoms with van der Waals surface area (Å²) >= 11 is 1.75. The molecule has 0 bridgehead atoms. The quantitative estimate of drug-likeness (QED) is 0.833. The molecule has 0 radical (unpaired) electrons. The van der Waals surface area contributed by atoms with Crippen molar-refractivity contribution < 1.29 is 0 Å². The number of nitrogens with one attached hydrogen (secondary N) is 1. The molecule has 1 aliphatic heterocycles. The van der Waals surface area contributed by atoms with E-state index in [1.54, 1.807) is 11.3 Å². The molecule has 3 nitrogen and oxygen atoms in total. The van der Waals surface area contributed by atoms with Gasteiger partial charge in [-0.1, -0.05) is 0 Å². The summed E-state index contributed by atoms with van der Waals surface area (Å²) in [5, 5.41) is 6.84. The van der Waals surface area contributed by atoms with Crippen molar-refractivity contribution in [3.63, 3.8) is 0 Å². The Balaban J connectivity index is 2.03. The number of hydrogen-bond acceptors (Lipinski definition) is 4. The number of thiazole rings is 1. The third kappa shape index (κ3) is 2.56. The first-order valence-corrected chi connectivity index (χ1v) is 6.44. The molecule has 0 amide bonds. The maximum atomic E-state index is 4.40. The van der Waals surface area contributed by atoms with Gasteiger partial charge in [0.1, 0.15) is 5.01 Å². The first-order chi connectivity index (χ1) is 7.16. The van der Waals surface area contributed by atoms with Crippen LogP contribution in [-0.4, -0.2) is 35.1 Å². The molecule has 2 heterocycles. The fourth-order valence-corrected chi connectivity index (χ4v) is 3.01. The molecule has 0 saturated carbocycles. The second kappa shape index (κ2) is 4.60. The molecule has 0 aromatic carbocycles. The Morgan fingerprint density at radius 2 is 2.13 bits per heavy atom. The van der Waals surface area contributed by atoms with Crippen LogP contribution in [0.3, 0.4) is 0 Å². The van der Waals surface area contributed by atoms with E-state index in [-0.39, 0.29) is 0 Å². The van der Waals surface area contributed by atoms with E-state index in [9.17, 15) is 0 Å². The van der Waals surface area contributed by atoms with Crippen LogP contribution < -0.4 is 5.32 Å². The van der Waals surface area contributed by atoms with E-state index in [4.69, 9.17) is 0 Å². The smallest absolute Gasteiger partial charge is 0.109 e. The zero-order chi connectivity index (χ0) is 10.8. The fourth-order valence-electron chi connectivity index (χ4n) is 2.28. The van der Waals surface area contributed by atoms with Gasteiger partial charge in [0.15, 0.2) is 0 Å². The highest BCUT2D eigenvalue weighted by Gasteiger charge is 2.26. The summed E-state index contributed by atoms with van der Waals surface area (Å²) in [5.41, 5.74) is 0. The highest BCUT2D eigenvalue weighted by Crippen LogP contribution is 2.23. The summed E-state index contributed by atoms with van der Waals surface area (Å²) in [6, 6.07) is 1.62. The van der Waals surface area contributed by atoms with Crippen LogP contribution in [-0.2, 0) is 0 Å². The summed E-state index contributed by atoms with van der Waals surface area (Å²) < 4.78 is 0. The zero-order valence-corrected chi connectivity index (χ0v) is 10.4. The minimum absolute atomic E-state index is 0.456. The van der Waals surface area contributed by atoms with E-state index >= 15 is 0 Å². The topological polar surface area (TPSA) is 28.2 Å². The molecule has 2 rings (SSSR count). The first-order valence-electron chi connectivity index (χ1n) is 5.56. The second-order valence-corrected chi connectivity index (χ2v) is 5.40. The Labute approximate surface area is 95.5 Å². The van der Waals surface area contributed by atoms with Crippen LogP contribution in [0.2, 0.25) is 0 Å². The van der Waals surface area contributed by atoms with Crippen molar-refractivity contribution in [1.29, 1.82) is 0 Å². The van der Waals surface area contributed by atoms with Gasteiger partial charge >= 0.3 is 0 Å². The van der Waals surface area contributed by atoms with Crippen LogP contribution >= 0.6 is 11.3 Å². The van der Waals surface area contributed by atoms with Gasteiger partial charge in [-0.2, -0.15) is 0 Å². The van der Waals surface area contributed by atoms with Gasteiger partial charge < -0.3 is 5.32 Å². The molecule has 1 aromatic heterocycles. The minimum atomic E-state index is 0.456. The van der Waals surface area contributed by atoms with Crippen LogP contribution in [0.25, 0.3) is 0 Å². The lowest BCUT2D eigenvalue weighted by Gasteiger charge is -2.39. The van der Waals surface area contributed by atoms with E-state index in [1.165, 1.54) is 5.01 Å². The Morgan fingerprint density at radius 3 is 2.67 bits per heavy atom. The van der Waals surface area contributed by atoms with Gasteiger partial charge in [-0.15, -0.1) is 11.3 Å². The molecular weight excluding hydrogens is 206 g/mol. The average Bonchev–Trinajstić information content (AvgIpc) is 2.67. The second-order valence-electron chi connectivity index (χ2n) is 4.47. The summed E-state index contributed by atoms with van der Waals surface area (Å²) in [6.07, 6.45) is 1.89. The van der Waals surface area contributed by atoms with E-state index in [0.29, 0.717) is 18.1 Å². The molecular formula is C11H19N3S. The predicted molar refractivity (Wildman–Crippen MR) is 64.2 cm³/mol. The molecule has 0 aliphatic carbocycles. The van der Waals surface area contributed by atoms with Gasteiger partial charge in [-0.3, -0.25) is 4.90 Å². The highest BCUT2D eigenvalue weighted by molar-refractivity contribution is 7.09. The summed E-state index contributed by atoms with van der Waals surface area (Å²) in [5.74, 6) is 0. The molecule has 1 N–H and O–H groups in total. The van der Waals surface area contributed by atoms with Gasteiger partial charge in [-0.05, 0) is 20.8 Å².